The number of benzene rings is 1. The number of nitrogens with one attached hydrogen (secondary N) is 1. The number of nitrogens with zero attached hydrogens (tertiary/aromatic N) is 2. The molecule has 0 aliphatic carbocycles. The van der Waals surface area contributed by atoms with Gasteiger partial charge >= 0.3 is 0 Å². The molecule has 1 aromatic rings. The number of hydrogen-bond acceptors (Lipinski definition) is 4. The molecule has 2 rings (SSSR count). The fraction of sp³-hybridized carbons (Fsp3) is 0.650. The predicted octanol–water partition coefficient (Wildman–Crippen LogP) is 2.30. The zero-order valence-corrected chi connectivity index (χ0v) is 17.8. The number of hydrogen-bond donors (Lipinski definition) is 1. The van der Waals surface area contributed by atoms with E-state index in [1.54, 1.807) is 18.2 Å². The van der Waals surface area contributed by atoms with E-state index in [2.05, 4.69) is 17.1 Å². The molecule has 6 nitrogen and oxygen atoms in total. The summed E-state index contributed by atoms with van der Waals surface area (Å²) in [7, 11) is -2.22. The highest BCUT2D eigenvalue weighted by Gasteiger charge is 2.23. The minimum Gasteiger partial charge on any atom is -0.355 e. The van der Waals surface area contributed by atoms with Gasteiger partial charge in [-0.3, -0.25) is 4.79 Å². The lowest BCUT2D eigenvalue weighted by molar-refractivity contribution is -0.121. The Labute approximate surface area is 164 Å². The number of carbonyl (C=O) groups excluding carboxylic acids is 1. The molecule has 1 atom stereocenters. The highest BCUT2D eigenvalue weighted by molar-refractivity contribution is 7.89. The van der Waals surface area contributed by atoms with Crippen LogP contribution in [0.5, 0.6) is 0 Å². The number of aryl methyl sites for hydroxylation is 2. The van der Waals surface area contributed by atoms with Gasteiger partial charge in [0.2, 0.25) is 15.9 Å². The molecule has 152 valence electrons. The molecule has 1 unspecified atom stereocenters. The van der Waals surface area contributed by atoms with Crippen molar-refractivity contribution in [2.75, 3.05) is 33.2 Å². The lowest BCUT2D eigenvalue weighted by Crippen LogP contribution is -2.41. The van der Waals surface area contributed by atoms with Crippen molar-refractivity contribution in [2.24, 2.45) is 0 Å². The van der Waals surface area contributed by atoms with Crippen LogP contribution in [0.1, 0.15) is 43.7 Å². The third-order valence-electron chi connectivity index (χ3n) is 5.44. The highest BCUT2D eigenvalue weighted by atomic mass is 32.2. The maximum Gasteiger partial charge on any atom is 0.243 e. The molecule has 1 aromatic carbocycles. The Morgan fingerprint density at radius 1 is 1.26 bits per heavy atom. The van der Waals surface area contributed by atoms with E-state index in [0.717, 1.165) is 34.9 Å². The first-order valence-electron chi connectivity index (χ1n) is 9.76. The molecule has 1 fully saturated rings. The van der Waals surface area contributed by atoms with Gasteiger partial charge in [-0.05, 0) is 69.8 Å². The van der Waals surface area contributed by atoms with Crippen molar-refractivity contribution < 1.29 is 13.2 Å². The number of piperidine rings is 1. The molecule has 1 aliphatic heterocycles. The van der Waals surface area contributed by atoms with Crippen molar-refractivity contribution in [1.82, 2.24) is 14.5 Å². The van der Waals surface area contributed by atoms with Crippen LogP contribution in [-0.2, 0) is 14.8 Å². The van der Waals surface area contributed by atoms with Gasteiger partial charge in [-0.2, -0.15) is 4.31 Å². The van der Waals surface area contributed by atoms with Crippen molar-refractivity contribution in [3.63, 3.8) is 0 Å². The van der Waals surface area contributed by atoms with Gasteiger partial charge in [0.1, 0.15) is 0 Å². The van der Waals surface area contributed by atoms with E-state index in [9.17, 15) is 13.2 Å². The fourth-order valence-corrected chi connectivity index (χ4v) is 4.61. The van der Waals surface area contributed by atoms with Crippen LogP contribution in [0.25, 0.3) is 0 Å². The van der Waals surface area contributed by atoms with Gasteiger partial charge in [-0.1, -0.05) is 12.5 Å². The van der Waals surface area contributed by atoms with Crippen molar-refractivity contribution in [3.05, 3.63) is 29.3 Å². The second kappa shape index (κ2) is 9.66. The maximum atomic E-state index is 12.6. The van der Waals surface area contributed by atoms with Crippen molar-refractivity contribution >= 4 is 15.9 Å². The monoisotopic (exact) mass is 395 g/mol. The minimum atomic E-state index is -3.66. The normalized spacial score (nSPS) is 18.6. The van der Waals surface area contributed by atoms with Crippen LogP contribution < -0.4 is 5.32 Å². The highest BCUT2D eigenvalue weighted by Crippen LogP contribution is 2.18. The molecule has 0 aromatic heterocycles. The van der Waals surface area contributed by atoms with Gasteiger partial charge in [0.05, 0.1) is 11.4 Å². The molecule has 1 N–H and O–H groups in total. The molecule has 0 saturated carbocycles. The number of sulfonamides is 1. The molecule has 27 heavy (non-hydrogen) atoms. The SMILES string of the molecule is Cc1ccc(S(=O)(=O)N(C)CC(=O)NCCCN2CCCCC2C)cc1C. The fourth-order valence-electron chi connectivity index (χ4n) is 3.40. The molecule has 1 amide bonds. The Morgan fingerprint density at radius 3 is 2.67 bits per heavy atom. The van der Waals surface area contributed by atoms with E-state index in [-0.39, 0.29) is 17.3 Å². The summed E-state index contributed by atoms with van der Waals surface area (Å²) in [6.07, 6.45) is 4.67. The molecule has 0 bridgehead atoms. The van der Waals surface area contributed by atoms with Gasteiger partial charge in [-0.15, -0.1) is 0 Å². The summed E-state index contributed by atoms with van der Waals surface area (Å²) in [5.74, 6) is -0.267. The smallest absolute Gasteiger partial charge is 0.243 e. The largest absolute Gasteiger partial charge is 0.355 e. The van der Waals surface area contributed by atoms with Crippen LogP contribution in [0.2, 0.25) is 0 Å². The number of rotatable bonds is 8. The van der Waals surface area contributed by atoms with E-state index < -0.39 is 10.0 Å². The van der Waals surface area contributed by atoms with Crippen molar-refractivity contribution in [3.8, 4) is 0 Å². The second-order valence-corrected chi connectivity index (χ2v) is 9.64. The molecular formula is C20H33N3O3S. The summed E-state index contributed by atoms with van der Waals surface area (Å²) in [5, 5.41) is 2.84. The molecule has 7 heteroatoms. The van der Waals surface area contributed by atoms with Gasteiger partial charge < -0.3 is 10.2 Å². The van der Waals surface area contributed by atoms with Gasteiger partial charge in [0.15, 0.2) is 0 Å². The first kappa shape index (κ1) is 21.9. The van der Waals surface area contributed by atoms with E-state index in [1.807, 2.05) is 13.8 Å². The van der Waals surface area contributed by atoms with Crippen LogP contribution in [0.15, 0.2) is 23.1 Å². The van der Waals surface area contributed by atoms with Crippen LogP contribution >= 0.6 is 0 Å². The summed E-state index contributed by atoms with van der Waals surface area (Å²) >= 11 is 0. The quantitative estimate of drug-likeness (QED) is 0.686. The lowest BCUT2D eigenvalue weighted by Gasteiger charge is -2.33. The van der Waals surface area contributed by atoms with Crippen molar-refractivity contribution in [2.45, 2.75) is 57.4 Å². The Kier molecular flexibility index (Phi) is 7.82. The Balaban J connectivity index is 1.79. The molecule has 1 heterocycles. The van der Waals surface area contributed by atoms with Crippen LogP contribution in [0, 0.1) is 13.8 Å². The van der Waals surface area contributed by atoms with Crippen LogP contribution in [0.4, 0.5) is 0 Å². The Morgan fingerprint density at radius 2 is 2.00 bits per heavy atom. The average molecular weight is 396 g/mol. The molecule has 0 spiro atoms. The van der Waals surface area contributed by atoms with Crippen LogP contribution in [0.3, 0.4) is 0 Å². The van der Waals surface area contributed by atoms with E-state index >= 15 is 0 Å². The van der Waals surface area contributed by atoms with Gasteiger partial charge in [0, 0.05) is 26.2 Å². The lowest BCUT2D eigenvalue weighted by atomic mass is 10.0. The van der Waals surface area contributed by atoms with E-state index in [0.29, 0.717) is 12.6 Å². The van der Waals surface area contributed by atoms with Crippen molar-refractivity contribution in [1.29, 1.82) is 0 Å². The standard InChI is InChI=1S/C20H33N3O3S/c1-16-9-10-19(14-17(16)2)27(25,26)22(4)15-20(24)21-11-7-13-23-12-6-5-8-18(23)3/h9-10,14,18H,5-8,11-13,15H2,1-4H3,(H,21,24). The molecule has 0 radical (unpaired) electrons. The van der Waals surface area contributed by atoms with Gasteiger partial charge in [0.25, 0.3) is 0 Å². The predicted molar refractivity (Wildman–Crippen MR) is 108 cm³/mol. The molecule has 1 saturated heterocycles. The summed E-state index contributed by atoms with van der Waals surface area (Å²) in [6, 6.07) is 5.64. The number of likely N-dealkylation sites (tertiary alicyclic amines) is 1. The Hall–Kier alpha value is -1.44. The van der Waals surface area contributed by atoms with Gasteiger partial charge in [-0.25, -0.2) is 8.42 Å². The van der Waals surface area contributed by atoms with E-state index in [1.165, 1.54) is 26.3 Å². The number of carbonyl (C=O) groups is 1. The topological polar surface area (TPSA) is 69.7 Å². The Bertz CT molecular complexity index is 749. The zero-order valence-electron chi connectivity index (χ0n) is 17.0. The summed E-state index contributed by atoms with van der Waals surface area (Å²) in [4.78, 5) is 14.8. The summed E-state index contributed by atoms with van der Waals surface area (Å²) < 4.78 is 26.4. The third kappa shape index (κ3) is 6.02. The first-order valence-corrected chi connectivity index (χ1v) is 11.2. The summed E-state index contributed by atoms with van der Waals surface area (Å²) in [5.41, 5.74) is 1.96. The number of likely N-dealkylation sites (N-methyl/N-ethyl adjacent to an activating group) is 1. The first-order chi connectivity index (χ1) is 12.7. The minimum absolute atomic E-state index is 0.171. The zero-order chi connectivity index (χ0) is 20.0. The third-order valence-corrected chi connectivity index (χ3v) is 7.24. The molecular weight excluding hydrogens is 362 g/mol. The van der Waals surface area contributed by atoms with E-state index in [4.69, 9.17) is 0 Å². The summed E-state index contributed by atoms with van der Waals surface area (Å²) in [6.45, 7) is 8.57. The number of amides is 1. The second-order valence-electron chi connectivity index (χ2n) is 7.59. The average Bonchev–Trinajstić information content (AvgIpc) is 2.62. The van der Waals surface area contributed by atoms with Crippen LogP contribution in [-0.4, -0.2) is 62.8 Å². The molecule has 1 aliphatic rings. The maximum absolute atomic E-state index is 12.6.